The molecule has 20 heavy (non-hydrogen) atoms. The number of rotatable bonds is 5. The van der Waals surface area contributed by atoms with E-state index in [0.29, 0.717) is 15.8 Å². The van der Waals surface area contributed by atoms with E-state index in [9.17, 15) is 4.79 Å². The summed E-state index contributed by atoms with van der Waals surface area (Å²) in [5, 5.41) is 10.5. The smallest absolute Gasteiger partial charge is 0.347 e. The minimum absolute atomic E-state index is 0.325. The Morgan fingerprint density at radius 3 is 2.70 bits per heavy atom. The Kier molecular flexibility index (Phi) is 4.83. The highest BCUT2D eigenvalue weighted by molar-refractivity contribution is 7.99. The molecule has 5 heteroatoms. The van der Waals surface area contributed by atoms with Gasteiger partial charge in [0, 0.05) is 11.3 Å². The first-order chi connectivity index (χ1) is 9.49. The monoisotopic (exact) mass is 307 g/mol. The molecule has 0 bridgehead atoms. The van der Waals surface area contributed by atoms with Crippen LogP contribution < -0.4 is 0 Å². The molecule has 0 unspecified atom stereocenters. The van der Waals surface area contributed by atoms with Crippen molar-refractivity contribution in [3.05, 3.63) is 40.4 Å². The van der Waals surface area contributed by atoms with Crippen LogP contribution in [0.15, 0.2) is 24.3 Å². The van der Waals surface area contributed by atoms with Gasteiger partial charge in [-0.3, -0.25) is 0 Å². The van der Waals surface area contributed by atoms with Gasteiger partial charge in [0.15, 0.2) is 0 Å². The van der Waals surface area contributed by atoms with Crippen LogP contribution in [0.5, 0.6) is 0 Å². The van der Waals surface area contributed by atoms with Gasteiger partial charge in [0.2, 0.25) is 0 Å². The highest BCUT2D eigenvalue weighted by Gasteiger charge is 2.16. The van der Waals surface area contributed by atoms with Gasteiger partial charge in [-0.25, -0.2) is 9.78 Å². The average Bonchev–Trinajstić information content (AvgIpc) is 2.79. The number of benzene rings is 1. The Morgan fingerprint density at radius 2 is 2.10 bits per heavy atom. The number of carbonyl (C=O) groups is 1. The highest BCUT2D eigenvalue weighted by Crippen LogP contribution is 2.32. The standard InChI is InChI=1S/C15H17NO2S2/c1-9(2)19-8-11-6-4-5-7-12(11)14-16-10(3)13(20-14)15(17)18/h4-7,9H,8H2,1-3H3,(H,17,18). The van der Waals surface area contributed by atoms with Crippen molar-refractivity contribution in [3.63, 3.8) is 0 Å². The topological polar surface area (TPSA) is 50.2 Å². The van der Waals surface area contributed by atoms with Gasteiger partial charge >= 0.3 is 5.97 Å². The third kappa shape index (κ3) is 3.41. The first-order valence-electron chi connectivity index (χ1n) is 6.39. The Morgan fingerprint density at radius 1 is 1.40 bits per heavy atom. The van der Waals surface area contributed by atoms with Crippen LogP contribution in [0.4, 0.5) is 0 Å². The number of hydrogen-bond acceptors (Lipinski definition) is 4. The summed E-state index contributed by atoms with van der Waals surface area (Å²) in [4.78, 5) is 15.9. The fourth-order valence-electron chi connectivity index (χ4n) is 1.82. The van der Waals surface area contributed by atoms with E-state index in [1.807, 2.05) is 30.0 Å². The number of carboxylic acid groups (broad SMARTS) is 1. The van der Waals surface area contributed by atoms with Crippen molar-refractivity contribution in [1.82, 2.24) is 4.98 Å². The van der Waals surface area contributed by atoms with Crippen LogP contribution >= 0.6 is 23.1 Å². The molecule has 0 fully saturated rings. The summed E-state index contributed by atoms with van der Waals surface area (Å²) in [6.45, 7) is 6.08. The predicted molar refractivity (Wildman–Crippen MR) is 85.7 cm³/mol. The van der Waals surface area contributed by atoms with Gasteiger partial charge in [0.25, 0.3) is 0 Å². The summed E-state index contributed by atoms with van der Waals surface area (Å²) in [7, 11) is 0. The van der Waals surface area contributed by atoms with E-state index in [1.54, 1.807) is 6.92 Å². The van der Waals surface area contributed by atoms with E-state index in [2.05, 4.69) is 24.9 Å². The van der Waals surface area contributed by atoms with Gasteiger partial charge in [-0.2, -0.15) is 11.8 Å². The zero-order chi connectivity index (χ0) is 14.7. The molecule has 0 aliphatic carbocycles. The molecule has 0 saturated heterocycles. The summed E-state index contributed by atoms with van der Waals surface area (Å²) >= 11 is 3.12. The van der Waals surface area contributed by atoms with Crippen LogP contribution in [0.2, 0.25) is 0 Å². The number of thiazole rings is 1. The Labute approximate surface area is 127 Å². The Hall–Kier alpha value is -1.33. The minimum Gasteiger partial charge on any atom is -0.477 e. The lowest BCUT2D eigenvalue weighted by atomic mass is 10.1. The van der Waals surface area contributed by atoms with Gasteiger partial charge < -0.3 is 5.11 Å². The molecule has 3 nitrogen and oxygen atoms in total. The molecule has 2 aromatic rings. The lowest BCUT2D eigenvalue weighted by Crippen LogP contribution is -1.94. The number of hydrogen-bond donors (Lipinski definition) is 1. The lowest BCUT2D eigenvalue weighted by Gasteiger charge is -2.08. The van der Waals surface area contributed by atoms with Gasteiger partial charge in [-0.1, -0.05) is 38.1 Å². The van der Waals surface area contributed by atoms with E-state index in [-0.39, 0.29) is 0 Å². The van der Waals surface area contributed by atoms with Crippen LogP contribution in [0.25, 0.3) is 10.6 Å². The number of aromatic nitrogens is 1. The van der Waals surface area contributed by atoms with Gasteiger partial charge in [-0.15, -0.1) is 11.3 Å². The summed E-state index contributed by atoms with van der Waals surface area (Å²) < 4.78 is 0. The van der Waals surface area contributed by atoms with Gasteiger partial charge in [0.05, 0.1) is 5.69 Å². The molecule has 0 amide bonds. The van der Waals surface area contributed by atoms with E-state index in [4.69, 9.17) is 5.11 Å². The zero-order valence-electron chi connectivity index (χ0n) is 11.7. The molecule has 1 aromatic heterocycles. The maximum Gasteiger partial charge on any atom is 0.347 e. The Bertz CT molecular complexity index is 620. The maximum atomic E-state index is 11.1. The first-order valence-corrected chi connectivity index (χ1v) is 8.26. The highest BCUT2D eigenvalue weighted by atomic mass is 32.2. The summed E-state index contributed by atoms with van der Waals surface area (Å²) in [5.74, 6) is 0.00907. The van der Waals surface area contributed by atoms with Crippen LogP contribution in [-0.2, 0) is 5.75 Å². The summed E-state index contributed by atoms with van der Waals surface area (Å²) in [5.41, 5.74) is 2.84. The molecule has 1 N–H and O–H groups in total. The number of aromatic carboxylic acids is 1. The molecule has 106 valence electrons. The molecular formula is C15H17NO2S2. The van der Waals surface area contributed by atoms with Crippen LogP contribution in [0, 0.1) is 6.92 Å². The maximum absolute atomic E-state index is 11.1. The lowest BCUT2D eigenvalue weighted by molar-refractivity contribution is 0.0701. The molecule has 0 aliphatic rings. The molecule has 0 saturated carbocycles. The van der Waals surface area contributed by atoms with Crippen molar-refractivity contribution in [1.29, 1.82) is 0 Å². The quantitative estimate of drug-likeness (QED) is 0.886. The fourth-order valence-corrected chi connectivity index (χ4v) is 3.55. The largest absolute Gasteiger partial charge is 0.477 e. The van der Waals surface area contributed by atoms with Crippen molar-refractivity contribution < 1.29 is 9.90 Å². The average molecular weight is 307 g/mol. The van der Waals surface area contributed by atoms with E-state index < -0.39 is 5.97 Å². The predicted octanol–water partition coefficient (Wildman–Crippen LogP) is 4.46. The van der Waals surface area contributed by atoms with Crippen molar-refractivity contribution in [3.8, 4) is 10.6 Å². The van der Waals surface area contributed by atoms with Gasteiger partial charge in [0.1, 0.15) is 9.88 Å². The summed E-state index contributed by atoms with van der Waals surface area (Å²) in [6, 6.07) is 8.08. The van der Waals surface area contributed by atoms with E-state index >= 15 is 0 Å². The molecule has 0 spiro atoms. The molecular weight excluding hydrogens is 290 g/mol. The van der Waals surface area contributed by atoms with Gasteiger partial charge in [-0.05, 0) is 17.7 Å². The number of thioether (sulfide) groups is 1. The molecule has 2 rings (SSSR count). The first kappa shape index (κ1) is 15.1. The van der Waals surface area contributed by atoms with Crippen molar-refractivity contribution in [2.75, 3.05) is 0 Å². The molecule has 0 aliphatic heterocycles. The van der Waals surface area contributed by atoms with Crippen molar-refractivity contribution in [2.24, 2.45) is 0 Å². The Balaban J connectivity index is 2.37. The number of aryl methyl sites for hydroxylation is 1. The van der Waals surface area contributed by atoms with E-state index in [1.165, 1.54) is 16.9 Å². The second-order valence-electron chi connectivity index (χ2n) is 4.76. The van der Waals surface area contributed by atoms with Crippen LogP contribution in [0.1, 0.15) is 34.8 Å². The normalized spacial score (nSPS) is 11.0. The number of carboxylic acids is 1. The number of nitrogens with zero attached hydrogens (tertiary/aromatic N) is 1. The molecule has 1 heterocycles. The second kappa shape index (κ2) is 6.41. The third-order valence-corrected chi connectivity index (χ3v) is 5.13. The van der Waals surface area contributed by atoms with Crippen LogP contribution in [-0.4, -0.2) is 21.3 Å². The van der Waals surface area contributed by atoms with Crippen LogP contribution in [0.3, 0.4) is 0 Å². The fraction of sp³-hybridized carbons (Fsp3) is 0.333. The third-order valence-electron chi connectivity index (χ3n) is 2.81. The van der Waals surface area contributed by atoms with E-state index in [0.717, 1.165) is 16.3 Å². The molecule has 0 radical (unpaired) electrons. The van der Waals surface area contributed by atoms with Crippen molar-refractivity contribution in [2.45, 2.75) is 31.8 Å². The zero-order valence-corrected chi connectivity index (χ0v) is 13.3. The summed E-state index contributed by atoms with van der Waals surface area (Å²) in [6.07, 6.45) is 0. The molecule has 1 aromatic carbocycles. The second-order valence-corrected chi connectivity index (χ2v) is 7.32. The molecule has 0 atom stereocenters. The minimum atomic E-state index is -0.903. The van der Waals surface area contributed by atoms with Crippen molar-refractivity contribution >= 4 is 29.1 Å². The SMILES string of the molecule is Cc1nc(-c2ccccc2CSC(C)C)sc1C(=O)O.